The maximum Gasteiger partial charge on any atom is 0.257 e. The van der Waals surface area contributed by atoms with Crippen LogP contribution in [-0.4, -0.2) is 41.2 Å². The van der Waals surface area contributed by atoms with Crippen molar-refractivity contribution < 1.29 is 13.9 Å². The highest BCUT2D eigenvalue weighted by molar-refractivity contribution is 6.04. The summed E-state index contributed by atoms with van der Waals surface area (Å²) in [5.74, 6) is 1.55. The van der Waals surface area contributed by atoms with Crippen molar-refractivity contribution in [1.29, 1.82) is 0 Å². The number of benzene rings is 1. The van der Waals surface area contributed by atoms with Gasteiger partial charge in [-0.1, -0.05) is 13.8 Å². The van der Waals surface area contributed by atoms with Crippen molar-refractivity contribution in [2.45, 2.75) is 45.8 Å². The largest absolute Gasteiger partial charge is 0.440 e. The fourth-order valence-electron chi connectivity index (χ4n) is 3.55. The minimum Gasteiger partial charge on any atom is -0.440 e. The normalized spacial score (nSPS) is 19.7. The molecule has 2 atom stereocenters. The number of hydrogen-bond donors (Lipinski definition) is 1. The van der Waals surface area contributed by atoms with Gasteiger partial charge in [0.1, 0.15) is 11.3 Å². The minimum absolute atomic E-state index is 0.159. The number of anilines is 2. The molecule has 152 valence electrons. The van der Waals surface area contributed by atoms with Crippen LogP contribution in [0.2, 0.25) is 0 Å². The van der Waals surface area contributed by atoms with Crippen LogP contribution in [-0.2, 0) is 4.74 Å². The van der Waals surface area contributed by atoms with Crippen LogP contribution in [0, 0.1) is 0 Å². The molecule has 1 aromatic carbocycles. The maximum atomic E-state index is 12.6. The maximum absolute atomic E-state index is 12.6. The van der Waals surface area contributed by atoms with Gasteiger partial charge in [-0.15, -0.1) is 0 Å². The highest BCUT2D eigenvalue weighted by atomic mass is 16.5. The van der Waals surface area contributed by atoms with Crippen LogP contribution in [0.25, 0.3) is 11.1 Å². The number of hydrogen-bond acceptors (Lipinski definition) is 6. The van der Waals surface area contributed by atoms with Crippen molar-refractivity contribution in [2.24, 2.45) is 0 Å². The summed E-state index contributed by atoms with van der Waals surface area (Å²) in [5.41, 5.74) is 2.62. The Morgan fingerprint density at radius 3 is 2.59 bits per heavy atom. The molecule has 0 spiro atoms. The number of nitrogens with one attached hydrogen (secondary N) is 1. The van der Waals surface area contributed by atoms with Crippen molar-refractivity contribution in [2.75, 3.05) is 23.3 Å². The average molecular weight is 394 g/mol. The summed E-state index contributed by atoms with van der Waals surface area (Å²) in [7, 11) is 0. The number of oxazole rings is 1. The summed E-state index contributed by atoms with van der Waals surface area (Å²) >= 11 is 0. The van der Waals surface area contributed by atoms with E-state index in [1.54, 1.807) is 12.3 Å². The number of pyridine rings is 1. The van der Waals surface area contributed by atoms with Gasteiger partial charge in [0.25, 0.3) is 5.91 Å². The van der Waals surface area contributed by atoms with Crippen molar-refractivity contribution >= 4 is 28.5 Å². The SMILES string of the molecule is CC(C)c1nc2cc(NC(=O)c3ccc(N4C[C@H](C)O[C@@H](C)C4)nc3)ccc2o1. The Bertz CT molecular complexity index is 1000. The summed E-state index contributed by atoms with van der Waals surface area (Å²) in [6.07, 6.45) is 1.93. The zero-order valence-corrected chi connectivity index (χ0v) is 17.2. The van der Waals surface area contributed by atoms with E-state index in [1.165, 1.54) is 0 Å². The Morgan fingerprint density at radius 1 is 1.17 bits per heavy atom. The molecule has 1 aliphatic heterocycles. The molecular formula is C22H26N4O3. The first-order valence-corrected chi connectivity index (χ1v) is 9.97. The second-order valence-corrected chi connectivity index (χ2v) is 7.91. The molecule has 3 heterocycles. The number of ether oxygens (including phenoxy) is 1. The van der Waals surface area contributed by atoms with Gasteiger partial charge in [0.05, 0.1) is 17.8 Å². The van der Waals surface area contributed by atoms with Crippen LogP contribution in [0.5, 0.6) is 0 Å². The molecule has 1 fully saturated rings. The van der Waals surface area contributed by atoms with E-state index >= 15 is 0 Å². The Labute approximate surface area is 170 Å². The quantitative estimate of drug-likeness (QED) is 0.714. The van der Waals surface area contributed by atoms with Crippen LogP contribution in [0.1, 0.15) is 49.9 Å². The molecule has 2 aromatic heterocycles. The summed E-state index contributed by atoms with van der Waals surface area (Å²) in [5, 5.41) is 2.91. The lowest BCUT2D eigenvalue weighted by Crippen LogP contribution is -2.45. The predicted octanol–water partition coefficient (Wildman–Crippen LogP) is 4.21. The van der Waals surface area contributed by atoms with Crippen molar-refractivity contribution in [3.05, 3.63) is 48.0 Å². The van der Waals surface area contributed by atoms with Crippen molar-refractivity contribution in [3.8, 4) is 0 Å². The smallest absolute Gasteiger partial charge is 0.257 e. The Kier molecular flexibility index (Phi) is 5.24. The van der Waals surface area contributed by atoms with Crippen molar-refractivity contribution in [1.82, 2.24) is 9.97 Å². The van der Waals surface area contributed by atoms with E-state index in [0.29, 0.717) is 22.7 Å². The van der Waals surface area contributed by atoms with E-state index in [-0.39, 0.29) is 24.0 Å². The zero-order valence-electron chi connectivity index (χ0n) is 17.2. The lowest BCUT2D eigenvalue weighted by Gasteiger charge is -2.36. The van der Waals surface area contributed by atoms with Gasteiger partial charge >= 0.3 is 0 Å². The van der Waals surface area contributed by atoms with Gasteiger partial charge in [0, 0.05) is 30.9 Å². The molecule has 1 N–H and O–H groups in total. The van der Waals surface area contributed by atoms with Crippen LogP contribution in [0.3, 0.4) is 0 Å². The summed E-state index contributed by atoms with van der Waals surface area (Å²) in [6, 6.07) is 9.14. The second-order valence-electron chi connectivity index (χ2n) is 7.91. The summed E-state index contributed by atoms with van der Waals surface area (Å²) in [6.45, 7) is 9.75. The zero-order chi connectivity index (χ0) is 20.5. The average Bonchev–Trinajstić information content (AvgIpc) is 3.11. The fraction of sp³-hybridized carbons (Fsp3) is 0.409. The third-order valence-electron chi connectivity index (χ3n) is 4.91. The molecule has 0 aliphatic carbocycles. The van der Waals surface area contributed by atoms with E-state index in [2.05, 4.69) is 34.0 Å². The lowest BCUT2D eigenvalue weighted by molar-refractivity contribution is -0.00546. The van der Waals surface area contributed by atoms with E-state index < -0.39 is 0 Å². The van der Waals surface area contributed by atoms with Gasteiger partial charge in [-0.3, -0.25) is 4.79 Å². The molecule has 0 unspecified atom stereocenters. The lowest BCUT2D eigenvalue weighted by atomic mass is 10.2. The van der Waals surface area contributed by atoms with E-state index in [0.717, 1.165) is 24.4 Å². The Morgan fingerprint density at radius 2 is 1.93 bits per heavy atom. The molecule has 0 saturated carbocycles. The molecule has 0 radical (unpaired) electrons. The second kappa shape index (κ2) is 7.83. The van der Waals surface area contributed by atoms with Crippen LogP contribution in [0.15, 0.2) is 40.9 Å². The first-order valence-electron chi connectivity index (χ1n) is 9.97. The molecule has 1 saturated heterocycles. The highest BCUT2D eigenvalue weighted by Gasteiger charge is 2.23. The monoisotopic (exact) mass is 394 g/mol. The Balaban J connectivity index is 1.46. The van der Waals surface area contributed by atoms with Gasteiger partial charge < -0.3 is 19.4 Å². The van der Waals surface area contributed by atoms with Crippen LogP contribution in [0.4, 0.5) is 11.5 Å². The van der Waals surface area contributed by atoms with Gasteiger partial charge in [-0.05, 0) is 44.2 Å². The third kappa shape index (κ3) is 4.24. The van der Waals surface area contributed by atoms with E-state index in [9.17, 15) is 4.79 Å². The highest BCUT2D eigenvalue weighted by Crippen LogP contribution is 2.24. The molecular weight excluding hydrogens is 368 g/mol. The first-order chi connectivity index (χ1) is 13.9. The number of fused-ring (bicyclic) bond motifs is 1. The summed E-state index contributed by atoms with van der Waals surface area (Å²) in [4.78, 5) is 23.8. The predicted molar refractivity (Wildman–Crippen MR) is 113 cm³/mol. The number of rotatable bonds is 4. The van der Waals surface area contributed by atoms with Crippen LogP contribution < -0.4 is 10.2 Å². The number of carbonyl (C=O) groups excluding carboxylic acids is 1. The van der Waals surface area contributed by atoms with E-state index in [4.69, 9.17) is 9.15 Å². The fourth-order valence-corrected chi connectivity index (χ4v) is 3.55. The molecule has 0 bridgehead atoms. The molecule has 7 nitrogen and oxygen atoms in total. The summed E-state index contributed by atoms with van der Waals surface area (Å²) < 4.78 is 11.5. The Hall–Kier alpha value is -2.93. The molecule has 3 aromatic rings. The molecule has 29 heavy (non-hydrogen) atoms. The topological polar surface area (TPSA) is 80.5 Å². The van der Waals surface area contributed by atoms with E-state index in [1.807, 2.05) is 38.1 Å². The minimum atomic E-state index is -0.209. The standard InChI is InChI=1S/C22H26N4O3/c1-13(2)22-25-18-9-17(6-7-19(18)29-22)24-21(27)16-5-8-20(23-10-16)26-11-14(3)28-15(4)12-26/h5-10,13-15H,11-12H2,1-4H3,(H,24,27)/t14-,15-/m0/s1. The van der Waals surface area contributed by atoms with Gasteiger partial charge in [0.15, 0.2) is 11.5 Å². The molecule has 7 heteroatoms. The van der Waals surface area contributed by atoms with Crippen LogP contribution >= 0.6 is 0 Å². The number of amides is 1. The number of morpholine rings is 1. The van der Waals surface area contributed by atoms with Gasteiger partial charge in [-0.25, -0.2) is 9.97 Å². The van der Waals surface area contributed by atoms with Crippen molar-refractivity contribution in [3.63, 3.8) is 0 Å². The number of carbonyl (C=O) groups is 1. The van der Waals surface area contributed by atoms with Gasteiger partial charge in [-0.2, -0.15) is 0 Å². The molecule has 1 amide bonds. The third-order valence-corrected chi connectivity index (χ3v) is 4.91. The van der Waals surface area contributed by atoms with Gasteiger partial charge in [0.2, 0.25) is 0 Å². The molecule has 4 rings (SSSR count). The molecule has 1 aliphatic rings. The first kappa shape index (κ1) is 19.4. The number of nitrogens with zero attached hydrogens (tertiary/aromatic N) is 3. The number of aromatic nitrogens is 2.